The van der Waals surface area contributed by atoms with Crippen molar-refractivity contribution in [2.24, 2.45) is 0 Å². The van der Waals surface area contributed by atoms with Gasteiger partial charge < -0.3 is 14.9 Å². The summed E-state index contributed by atoms with van der Waals surface area (Å²) in [7, 11) is -4.44. The van der Waals surface area contributed by atoms with E-state index < -0.39 is 7.82 Å². The molecule has 0 aliphatic heterocycles. The third kappa shape index (κ3) is 3.57. The molecule has 1 aromatic rings. The van der Waals surface area contributed by atoms with Crippen LogP contribution in [0, 0.1) is 0 Å². The van der Waals surface area contributed by atoms with Crippen molar-refractivity contribution >= 4 is 7.82 Å². The van der Waals surface area contributed by atoms with E-state index in [4.69, 9.17) is 14.9 Å². The van der Waals surface area contributed by atoms with Crippen LogP contribution in [0.5, 0.6) is 0 Å². The Bertz CT molecular complexity index is 345. The van der Waals surface area contributed by atoms with E-state index >= 15 is 0 Å². The number of hydrogen-bond acceptors (Lipinski definition) is 3. The SMILES string of the molecule is O=P(O)(O)OCc1ccccc1CO. The molecule has 0 aliphatic carbocycles. The number of benzene rings is 1. The fourth-order valence-electron chi connectivity index (χ4n) is 1.01. The van der Waals surface area contributed by atoms with Crippen LogP contribution in [0.15, 0.2) is 24.3 Å². The lowest BCUT2D eigenvalue weighted by atomic mass is 10.1. The van der Waals surface area contributed by atoms with Crippen molar-refractivity contribution in [3.05, 3.63) is 35.4 Å². The van der Waals surface area contributed by atoms with Gasteiger partial charge in [-0.1, -0.05) is 24.3 Å². The highest BCUT2D eigenvalue weighted by molar-refractivity contribution is 7.46. The molecule has 0 saturated heterocycles. The first kappa shape index (κ1) is 11.4. The van der Waals surface area contributed by atoms with Gasteiger partial charge in [-0.05, 0) is 11.1 Å². The smallest absolute Gasteiger partial charge is 0.392 e. The van der Waals surface area contributed by atoms with Crippen molar-refractivity contribution in [1.29, 1.82) is 0 Å². The molecular weight excluding hydrogens is 207 g/mol. The number of phosphoric ester groups is 1. The Morgan fingerprint density at radius 3 is 2.29 bits per heavy atom. The predicted octanol–water partition coefficient (Wildman–Crippen LogP) is 0.788. The number of aliphatic hydroxyl groups is 1. The average Bonchev–Trinajstić information content (AvgIpc) is 2.14. The van der Waals surface area contributed by atoms with Gasteiger partial charge in [0.1, 0.15) is 0 Å². The number of phosphoric acid groups is 1. The maximum Gasteiger partial charge on any atom is 0.469 e. The van der Waals surface area contributed by atoms with Gasteiger partial charge in [-0.15, -0.1) is 0 Å². The van der Waals surface area contributed by atoms with Gasteiger partial charge in [-0.25, -0.2) is 4.57 Å². The molecule has 0 fully saturated rings. The molecule has 0 aromatic heterocycles. The third-order valence-electron chi connectivity index (χ3n) is 1.68. The molecule has 3 N–H and O–H groups in total. The molecule has 0 saturated carbocycles. The van der Waals surface area contributed by atoms with Gasteiger partial charge in [0.2, 0.25) is 0 Å². The summed E-state index contributed by atoms with van der Waals surface area (Å²) in [5, 5.41) is 8.90. The van der Waals surface area contributed by atoms with Gasteiger partial charge in [-0.3, -0.25) is 4.52 Å². The summed E-state index contributed by atoms with van der Waals surface area (Å²) in [6.07, 6.45) is 0. The molecule has 6 heteroatoms. The second-order valence-corrected chi connectivity index (χ2v) is 3.93. The van der Waals surface area contributed by atoms with Crippen LogP contribution >= 0.6 is 7.82 Å². The van der Waals surface area contributed by atoms with Crippen molar-refractivity contribution < 1.29 is 24.0 Å². The van der Waals surface area contributed by atoms with Crippen LogP contribution in [0.4, 0.5) is 0 Å². The first-order valence-corrected chi connectivity index (χ1v) is 5.43. The van der Waals surface area contributed by atoms with Crippen molar-refractivity contribution in [3.8, 4) is 0 Å². The molecule has 0 unspecified atom stereocenters. The van der Waals surface area contributed by atoms with Gasteiger partial charge in [0.05, 0.1) is 13.2 Å². The van der Waals surface area contributed by atoms with E-state index in [-0.39, 0.29) is 13.2 Å². The van der Waals surface area contributed by atoms with Crippen LogP contribution in [0.3, 0.4) is 0 Å². The Balaban J connectivity index is 2.71. The Morgan fingerprint density at radius 2 is 1.79 bits per heavy atom. The second-order valence-electron chi connectivity index (χ2n) is 2.69. The van der Waals surface area contributed by atoms with Crippen molar-refractivity contribution in [1.82, 2.24) is 0 Å². The molecular formula is C8H11O5P. The van der Waals surface area contributed by atoms with E-state index in [1.54, 1.807) is 24.3 Å². The Hall–Kier alpha value is -0.710. The van der Waals surface area contributed by atoms with Gasteiger partial charge in [0.15, 0.2) is 0 Å². The van der Waals surface area contributed by atoms with E-state index in [0.717, 1.165) is 0 Å². The molecule has 0 aliphatic rings. The maximum atomic E-state index is 10.4. The number of rotatable bonds is 4. The van der Waals surface area contributed by atoms with E-state index in [2.05, 4.69) is 4.52 Å². The molecule has 0 radical (unpaired) electrons. The van der Waals surface area contributed by atoms with Crippen LogP contribution in [0.25, 0.3) is 0 Å². The van der Waals surface area contributed by atoms with Crippen LogP contribution in [0.1, 0.15) is 11.1 Å². The summed E-state index contributed by atoms with van der Waals surface area (Å²) in [5.41, 5.74) is 1.17. The van der Waals surface area contributed by atoms with Crippen molar-refractivity contribution in [2.75, 3.05) is 0 Å². The monoisotopic (exact) mass is 218 g/mol. The zero-order chi connectivity index (χ0) is 10.6. The second kappa shape index (κ2) is 4.68. The average molecular weight is 218 g/mol. The van der Waals surface area contributed by atoms with Crippen LogP contribution < -0.4 is 0 Å². The predicted molar refractivity (Wildman–Crippen MR) is 49.2 cm³/mol. The van der Waals surface area contributed by atoms with Gasteiger partial charge >= 0.3 is 7.82 Å². The summed E-state index contributed by atoms with van der Waals surface area (Å²) >= 11 is 0. The summed E-state index contributed by atoms with van der Waals surface area (Å²) in [6, 6.07) is 6.74. The van der Waals surface area contributed by atoms with E-state index in [0.29, 0.717) is 11.1 Å². The van der Waals surface area contributed by atoms with Gasteiger partial charge in [0.25, 0.3) is 0 Å². The first-order chi connectivity index (χ1) is 6.53. The zero-order valence-corrected chi connectivity index (χ0v) is 8.22. The largest absolute Gasteiger partial charge is 0.469 e. The minimum Gasteiger partial charge on any atom is -0.392 e. The van der Waals surface area contributed by atoms with Crippen LogP contribution in [-0.2, 0) is 22.3 Å². The third-order valence-corrected chi connectivity index (χ3v) is 2.14. The quantitative estimate of drug-likeness (QED) is 0.650. The molecule has 14 heavy (non-hydrogen) atoms. The fraction of sp³-hybridized carbons (Fsp3) is 0.250. The fourth-order valence-corrected chi connectivity index (χ4v) is 1.31. The topological polar surface area (TPSA) is 87.0 Å². The minimum atomic E-state index is -4.44. The minimum absolute atomic E-state index is 0.180. The Kier molecular flexibility index (Phi) is 3.80. The first-order valence-electron chi connectivity index (χ1n) is 3.90. The standard InChI is InChI=1S/C8H11O5P/c9-5-7-3-1-2-4-8(7)6-13-14(10,11)12/h1-4,9H,5-6H2,(H2,10,11,12). The maximum absolute atomic E-state index is 10.4. The normalized spacial score (nSPS) is 11.6. The highest BCUT2D eigenvalue weighted by atomic mass is 31.2. The molecule has 5 nitrogen and oxygen atoms in total. The molecule has 0 spiro atoms. The van der Waals surface area contributed by atoms with Crippen molar-refractivity contribution in [3.63, 3.8) is 0 Å². The molecule has 1 rings (SSSR count). The molecule has 78 valence electrons. The number of hydrogen-bond donors (Lipinski definition) is 3. The molecule has 1 aromatic carbocycles. The highest BCUT2D eigenvalue weighted by Gasteiger charge is 2.14. The highest BCUT2D eigenvalue weighted by Crippen LogP contribution is 2.37. The van der Waals surface area contributed by atoms with E-state index in [9.17, 15) is 4.57 Å². The molecule has 0 atom stereocenters. The Labute approximate surface area is 81.2 Å². The zero-order valence-electron chi connectivity index (χ0n) is 7.33. The van der Waals surface area contributed by atoms with Crippen LogP contribution in [-0.4, -0.2) is 14.9 Å². The van der Waals surface area contributed by atoms with Crippen molar-refractivity contribution in [2.45, 2.75) is 13.2 Å². The summed E-state index contributed by atoms with van der Waals surface area (Å²) in [5.74, 6) is 0. The number of aliphatic hydroxyl groups excluding tert-OH is 1. The lowest BCUT2D eigenvalue weighted by Crippen LogP contribution is -1.96. The lowest BCUT2D eigenvalue weighted by molar-refractivity contribution is 0.186. The molecule has 0 bridgehead atoms. The van der Waals surface area contributed by atoms with Gasteiger partial charge in [-0.2, -0.15) is 0 Å². The lowest BCUT2D eigenvalue weighted by Gasteiger charge is -2.08. The van der Waals surface area contributed by atoms with Gasteiger partial charge in [0, 0.05) is 0 Å². The molecule has 0 amide bonds. The van der Waals surface area contributed by atoms with E-state index in [1.165, 1.54) is 0 Å². The summed E-state index contributed by atoms with van der Waals surface area (Å²) in [4.78, 5) is 16.9. The molecule has 0 heterocycles. The summed E-state index contributed by atoms with van der Waals surface area (Å²) in [6.45, 7) is -0.387. The van der Waals surface area contributed by atoms with Crippen LogP contribution in [0.2, 0.25) is 0 Å². The summed E-state index contributed by atoms with van der Waals surface area (Å²) < 4.78 is 14.7. The van der Waals surface area contributed by atoms with E-state index in [1.807, 2.05) is 0 Å². The Morgan fingerprint density at radius 1 is 1.21 bits per heavy atom.